The van der Waals surface area contributed by atoms with Crippen LogP contribution in [0.3, 0.4) is 0 Å². The third kappa shape index (κ3) is 5.75. The summed E-state index contributed by atoms with van der Waals surface area (Å²) in [6.07, 6.45) is 5.86. The van der Waals surface area contributed by atoms with Gasteiger partial charge < -0.3 is 24.6 Å². The molecule has 2 amide bonds. The summed E-state index contributed by atoms with van der Waals surface area (Å²) in [5.41, 5.74) is 2.92. The summed E-state index contributed by atoms with van der Waals surface area (Å²) in [6.45, 7) is 6.03. The summed E-state index contributed by atoms with van der Waals surface area (Å²) in [7, 11) is 4.98. The van der Waals surface area contributed by atoms with Gasteiger partial charge in [0.05, 0.1) is 24.2 Å². The number of carbonyl (C=O) groups is 3. The number of nitrogens with one attached hydrogen (secondary N) is 1. The standard InChI is InChI=1S/C28H41N5O4/c1-19(21-11-15-33(16-12-21)28(36)37-4)20-9-13-32(14-10-20)22-7-8-23-25(18-22)31(3)30-26(23)24(6-5-17-34)27(35)29-2/h7-8,17-21,24H,5-6,9-16H2,1-4H3,(H,29,35). The van der Waals surface area contributed by atoms with Crippen LogP contribution in [0.25, 0.3) is 10.9 Å². The number of carbonyl (C=O) groups excluding carboxylic acids is 3. The SMILES string of the molecule is CNC(=O)C(CCC=O)c1nn(C)c2cc(N3CCC(C(C)C4CCN(C(=O)OC)CC4)CC3)ccc12. The fraction of sp³-hybridized carbons (Fsp3) is 0.643. The van der Waals surface area contributed by atoms with Gasteiger partial charge in [-0.2, -0.15) is 5.10 Å². The molecule has 2 aliphatic heterocycles. The smallest absolute Gasteiger partial charge is 0.409 e. The fourth-order valence-corrected chi connectivity index (χ4v) is 6.33. The van der Waals surface area contributed by atoms with Crippen LogP contribution in [0, 0.1) is 17.8 Å². The normalized spacial score (nSPS) is 19.0. The number of benzene rings is 1. The molecule has 37 heavy (non-hydrogen) atoms. The molecule has 2 fully saturated rings. The van der Waals surface area contributed by atoms with E-state index in [1.54, 1.807) is 7.05 Å². The van der Waals surface area contributed by atoms with Gasteiger partial charge in [-0.3, -0.25) is 9.48 Å². The largest absolute Gasteiger partial charge is 0.453 e. The van der Waals surface area contributed by atoms with Crippen LogP contribution in [0.4, 0.5) is 10.5 Å². The van der Waals surface area contributed by atoms with Crippen molar-refractivity contribution in [3.8, 4) is 0 Å². The van der Waals surface area contributed by atoms with E-state index < -0.39 is 5.92 Å². The molecule has 2 aromatic rings. The molecular formula is C28H41N5O4. The van der Waals surface area contributed by atoms with Gasteiger partial charge in [0.2, 0.25) is 5.91 Å². The van der Waals surface area contributed by atoms with Crippen molar-refractivity contribution in [1.82, 2.24) is 20.0 Å². The molecule has 2 saturated heterocycles. The Bertz CT molecular complexity index is 1100. The molecule has 2 atom stereocenters. The molecule has 2 unspecified atom stereocenters. The highest BCUT2D eigenvalue weighted by Gasteiger charge is 2.33. The van der Waals surface area contributed by atoms with Gasteiger partial charge in [0.1, 0.15) is 6.29 Å². The maximum atomic E-state index is 12.5. The average Bonchev–Trinajstić information content (AvgIpc) is 3.27. The maximum Gasteiger partial charge on any atom is 0.409 e. The van der Waals surface area contributed by atoms with Gasteiger partial charge >= 0.3 is 6.09 Å². The van der Waals surface area contributed by atoms with E-state index in [9.17, 15) is 14.4 Å². The fourth-order valence-electron chi connectivity index (χ4n) is 6.33. The third-order valence-corrected chi connectivity index (χ3v) is 8.69. The minimum absolute atomic E-state index is 0.113. The minimum Gasteiger partial charge on any atom is -0.453 e. The topological polar surface area (TPSA) is 96.8 Å². The van der Waals surface area contributed by atoms with Gasteiger partial charge in [-0.1, -0.05) is 6.92 Å². The van der Waals surface area contributed by atoms with Crippen molar-refractivity contribution in [3.05, 3.63) is 23.9 Å². The molecule has 0 aliphatic carbocycles. The predicted octanol–water partition coefficient (Wildman–Crippen LogP) is 3.71. The first-order valence-electron chi connectivity index (χ1n) is 13.6. The predicted molar refractivity (Wildman–Crippen MR) is 144 cm³/mol. The number of aryl methyl sites for hydroxylation is 1. The van der Waals surface area contributed by atoms with Crippen molar-refractivity contribution in [2.75, 3.05) is 45.2 Å². The molecule has 202 valence electrons. The first kappa shape index (κ1) is 26.9. The molecule has 4 rings (SSSR count). The number of anilines is 1. The summed E-state index contributed by atoms with van der Waals surface area (Å²) < 4.78 is 6.73. The van der Waals surface area contributed by atoms with Gasteiger partial charge in [0.25, 0.3) is 0 Å². The van der Waals surface area contributed by atoms with Crippen LogP contribution < -0.4 is 10.2 Å². The number of fused-ring (bicyclic) bond motifs is 1. The number of hydrogen-bond acceptors (Lipinski definition) is 6. The molecule has 1 aromatic heterocycles. The second-order valence-corrected chi connectivity index (χ2v) is 10.6. The van der Waals surface area contributed by atoms with Crippen molar-refractivity contribution in [2.45, 2.75) is 51.4 Å². The third-order valence-electron chi connectivity index (χ3n) is 8.69. The number of ether oxygens (including phenoxy) is 1. The number of aromatic nitrogens is 2. The highest BCUT2D eigenvalue weighted by atomic mass is 16.5. The van der Waals surface area contributed by atoms with Crippen molar-refractivity contribution < 1.29 is 19.1 Å². The molecule has 0 spiro atoms. The van der Waals surface area contributed by atoms with Gasteiger partial charge in [0.15, 0.2) is 0 Å². The lowest BCUT2D eigenvalue weighted by Gasteiger charge is -2.41. The van der Waals surface area contributed by atoms with Crippen LogP contribution in [-0.2, 0) is 21.4 Å². The van der Waals surface area contributed by atoms with Crippen molar-refractivity contribution in [1.29, 1.82) is 0 Å². The lowest BCUT2D eigenvalue weighted by molar-refractivity contribution is -0.122. The van der Waals surface area contributed by atoms with Crippen LogP contribution in [0.15, 0.2) is 18.2 Å². The number of amides is 2. The molecule has 9 nitrogen and oxygen atoms in total. The number of likely N-dealkylation sites (N-methyl/N-ethyl adjacent to an activating group) is 1. The van der Waals surface area contributed by atoms with Crippen LogP contribution in [0.1, 0.15) is 57.1 Å². The second-order valence-electron chi connectivity index (χ2n) is 10.6. The first-order chi connectivity index (χ1) is 17.9. The molecule has 0 bridgehead atoms. The van der Waals surface area contributed by atoms with Crippen LogP contribution in [-0.4, -0.2) is 73.3 Å². The number of likely N-dealkylation sites (tertiary alicyclic amines) is 1. The molecule has 1 N–H and O–H groups in total. The number of piperidine rings is 2. The van der Waals surface area contributed by atoms with E-state index in [1.807, 2.05) is 16.6 Å². The Hall–Kier alpha value is -3.10. The van der Waals surface area contributed by atoms with Crippen molar-refractivity contribution in [2.24, 2.45) is 24.8 Å². The maximum absolute atomic E-state index is 12.5. The van der Waals surface area contributed by atoms with E-state index in [2.05, 4.69) is 35.3 Å². The van der Waals surface area contributed by atoms with E-state index in [0.717, 1.165) is 74.7 Å². The highest BCUT2D eigenvalue weighted by molar-refractivity contribution is 5.92. The zero-order valence-electron chi connectivity index (χ0n) is 22.6. The summed E-state index contributed by atoms with van der Waals surface area (Å²) in [6, 6.07) is 6.40. The Kier molecular flexibility index (Phi) is 8.71. The number of nitrogens with zero attached hydrogens (tertiary/aromatic N) is 4. The molecule has 2 aliphatic rings. The summed E-state index contributed by atoms with van der Waals surface area (Å²) in [4.78, 5) is 39.6. The zero-order valence-corrected chi connectivity index (χ0v) is 22.6. The quantitative estimate of drug-likeness (QED) is 0.543. The zero-order chi connectivity index (χ0) is 26.5. The Balaban J connectivity index is 1.40. The number of aldehydes is 1. The van der Waals surface area contributed by atoms with E-state index in [1.165, 1.54) is 12.8 Å². The Morgan fingerprint density at radius 3 is 2.38 bits per heavy atom. The minimum atomic E-state index is -0.443. The van der Waals surface area contributed by atoms with E-state index in [-0.39, 0.29) is 12.0 Å². The molecular weight excluding hydrogens is 470 g/mol. The molecule has 1 aromatic carbocycles. The lowest BCUT2D eigenvalue weighted by Crippen LogP contribution is -2.42. The van der Waals surface area contributed by atoms with Crippen LogP contribution >= 0.6 is 0 Å². The highest BCUT2D eigenvalue weighted by Crippen LogP contribution is 2.37. The number of rotatable bonds is 8. The van der Waals surface area contributed by atoms with Gasteiger partial charge in [-0.25, -0.2) is 4.79 Å². The molecule has 3 heterocycles. The van der Waals surface area contributed by atoms with Gasteiger partial charge in [-0.05, 0) is 68.1 Å². The van der Waals surface area contributed by atoms with Crippen LogP contribution in [0.5, 0.6) is 0 Å². The van der Waals surface area contributed by atoms with Crippen LogP contribution in [0.2, 0.25) is 0 Å². The summed E-state index contributed by atoms with van der Waals surface area (Å²) in [5.74, 6) is 1.45. The number of methoxy groups -OCH3 is 1. The summed E-state index contributed by atoms with van der Waals surface area (Å²) in [5, 5.41) is 8.38. The van der Waals surface area contributed by atoms with E-state index >= 15 is 0 Å². The van der Waals surface area contributed by atoms with Gasteiger partial charge in [0, 0.05) is 57.8 Å². The Labute approximate surface area is 219 Å². The molecule has 9 heteroatoms. The van der Waals surface area contributed by atoms with E-state index in [0.29, 0.717) is 30.6 Å². The molecule has 0 radical (unpaired) electrons. The Morgan fingerprint density at radius 2 is 1.78 bits per heavy atom. The first-order valence-corrected chi connectivity index (χ1v) is 13.6. The average molecular weight is 512 g/mol. The van der Waals surface area contributed by atoms with Crippen molar-refractivity contribution in [3.63, 3.8) is 0 Å². The van der Waals surface area contributed by atoms with Crippen molar-refractivity contribution >= 4 is 34.9 Å². The Morgan fingerprint density at radius 1 is 1.14 bits per heavy atom. The summed E-state index contributed by atoms with van der Waals surface area (Å²) >= 11 is 0. The van der Waals surface area contributed by atoms with E-state index in [4.69, 9.17) is 9.84 Å². The monoisotopic (exact) mass is 511 g/mol. The lowest BCUT2D eigenvalue weighted by atomic mass is 9.74. The molecule has 0 saturated carbocycles. The van der Waals surface area contributed by atoms with Gasteiger partial charge in [-0.15, -0.1) is 0 Å². The number of hydrogen-bond donors (Lipinski definition) is 1. The second kappa shape index (κ2) is 12.0.